The molecule has 106 valence electrons. The highest BCUT2D eigenvalue weighted by atomic mass is 35.5. The lowest BCUT2D eigenvalue weighted by Gasteiger charge is -2.19. The number of nitrogens with zero attached hydrogens (tertiary/aromatic N) is 1. The highest BCUT2D eigenvalue weighted by molar-refractivity contribution is 7.90. The highest BCUT2D eigenvalue weighted by Crippen LogP contribution is 2.48. The van der Waals surface area contributed by atoms with E-state index in [2.05, 4.69) is 0 Å². The molecule has 3 heterocycles. The van der Waals surface area contributed by atoms with Gasteiger partial charge in [0.25, 0.3) is 0 Å². The minimum Gasteiger partial charge on any atom is -0.361 e. The monoisotopic (exact) mass is 311 g/mol. The van der Waals surface area contributed by atoms with Crippen molar-refractivity contribution in [2.45, 2.75) is 29.9 Å². The van der Waals surface area contributed by atoms with Crippen LogP contribution >= 0.6 is 11.6 Å². The molecule has 4 nitrogen and oxygen atoms in total. The number of ether oxygens (including phenoxy) is 1. The molecule has 0 amide bonds. The van der Waals surface area contributed by atoms with Crippen molar-refractivity contribution in [3.05, 3.63) is 47.0 Å². The summed E-state index contributed by atoms with van der Waals surface area (Å²) in [4.78, 5) is 0. The van der Waals surface area contributed by atoms with E-state index in [0.29, 0.717) is 24.5 Å². The predicted molar refractivity (Wildman–Crippen MR) is 75.9 cm³/mol. The van der Waals surface area contributed by atoms with Crippen LogP contribution in [0.1, 0.15) is 12.0 Å². The van der Waals surface area contributed by atoms with Gasteiger partial charge in [-0.2, -0.15) is 4.31 Å². The Kier molecular flexibility index (Phi) is 2.61. The van der Waals surface area contributed by atoms with Gasteiger partial charge in [0, 0.05) is 18.1 Å². The number of fused-ring (bicyclic) bond motifs is 1. The van der Waals surface area contributed by atoms with Gasteiger partial charge in [0.05, 0.1) is 6.10 Å². The molecule has 4 rings (SSSR count). The molecule has 1 aromatic carbocycles. The van der Waals surface area contributed by atoms with Crippen molar-refractivity contribution in [3.63, 3.8) is 0 Å². The van der Waals surface area contributed by atoms with Gasteiger partial charge in [-0.1, -0.05) is 35.9 Å². The number of hydrogen-bond acceptors (Lipinski definition) is 3. The molecule has 1 spiro atoms. The summed E-state index contributed by atoms with van der Waals surface area (Å²) < 4.78 is 32.6. The van der Waals surface area contributed by atoms with Gasteiger partial charge in [0.15, 0.2) is 0 Å². The van der Waals surface area contributed by atoms with Crippen LogP contribution in [0.2, 0.25) is 5.02 Å². The number of sulfonamides is 1. The summed E-state index contributed by atoms with van der Waals surface area (Å²) in [5, 5.41) is 0.232. The first-order valence-corrected chi connectivity index (χ1v) is 8.48. The SMILES string of the molecule is O=S1(=O)[C@H]2C[C@H]3C=C[C@@]2(CN1Cc1ccc(Cl)cc1)O3. The second-order valence-corrected chi connectivity index (χ2v) is 8.19. The van der Waals surface area contributed by atoms with Gasteiger partial charge < -0.3 is 4.74 Å². The summed E-state index contributed by atoms with van der Waals surface area (Å²) in [6.45, 7) is 0.787. The molecule has 0 radical (unpaired) electrons. The van der Waals surface area contributed by atoms with Crippen molar-refractivity contribution in [3.8, 4) is 0 Å². The van der Waals surface area contributed by atoms with Crippen molar-refractivity contribution in [1.29, 1.82) is 0 Å². The minimum absolute atomic E-state index is 0.0209. The van der Waals surface area contributed by atoms with Crippen molar-refractivity contribution in [1.82, 2.24) is 4.31 Å². The summed E-state index contributed by atoms with van der Waals surface area (Å²) in [6, 6.07) is 7.27. The van der Waals surface area contributed by atoms with E-state index in [9.17, 15) is 8.42 Å². The molecule has 3 aliphatic rings. The van der Waals surface area contributed by atoms with Gasteiger partial charge >= 0.3 is 0 Å². The van der Waals surface area contributed by atoms with E-state index in [1.54, 1.807) is 12.1 Å². The Morgan fingerprint density at radius 3 is 2.75 bits per heavy atom. The molecule has 2 bridgehead atoms. The largest absolute Gasteiger partial charge is 0.361 e. The molecule has 0 N–H and O–H groups in total. The third kappa shape index (κ3) is 1.70. The summed E-state index contributed by atoms with van der Waals surface area (Å²) in [6.07, 6.45) is 4.48. The third-order valence-corrected chi connectivity index (χ3v) is 6.91. The van der Waals surface area contributed by atoms with E-state index in [0.717, 1.165) is 5.56 Å². The Hall–Kier alpha value is -0.880. The second-order valence-electron chi connectivity index (χ2n) is 5.63. The summed E-state index contributed by atoms with van der Waals surface area (Å²) in [7, 11) is -3.29. The molecule has 2 saturated heterocycles. The molecule has 0 aliphatic carbocycles. The molecule has 0 saturated carbocycles. The quantitative estimate of drug-likeness (QED) is 0.784. The molecule has 6 heteroatoms. The van der Waals surface area contributed by atoms with Crippen molar-refractivity contribution >= 4 is 21.6 Å². The zero-order valence-corrected chi connectivity index (χ0v) is 12.3. The minimum atomic E-state index is -3.29. The third-order valence-electron chi connectivity index (χ3n) is 4.37. The van der Waals surface area contributed by atoms with E-state index < -0.39 is 20.9 Å². The lowest BCUT2D eigenvalue weighted by atomic mass is 9.94. The molecule has 3 aliphatic heterocycles. The first kappa shape index (κ1) is 12.8. The van der Waals surface area contributed by atoms with E-state index in [1.807, 2.05) is 24.3 Å². The van der Waals surface area contributed by atoms with Crippen molar-refractivity contribution < 1.29 is 13.2 Å². The van der Waals surface area contributed by atoms with Gasteiger partial charge in [-0.15, -0.1) is 0 Å². The fraction of sp³-hybridized carbons (Fsp3) is 0.429. The number of hydrogen-bond donors (Lipinski definition) is 0. The van der Waals surface area contributed by atoms with Crippen LogP contribution in [0.3, 0.4) is 0 Å². The fourth-order valence-corrected chi connectivity index (χ4v) is 5.74. The first-order chi connectivity index (χ1) is 9.49. The normalized spacial score (nSPS) is 37.5. The van der Waals surface area contributed by atoms with E-state index >= 15 is 0 Å². The molecule has 0 unspecified atom stereocenters. The van der Waals surface area contributed by atoms with Gasteiger partial charge in [-0.05, 0) is 24.1 Å². The molecule has 20 heavy (non-hydrogen) atoms. The van der Waals surface area contributed by atoms with E-state index in [-0.39, 0.29) is 6.10 Å². The smallest absolute Gasteiger partial charge is 0.220 e. The summed E-state index contributed by atoms with van der Waals surface area (Å²) >= 11 is 5.85. The van der Waals surface area contributed by atoms with Crippen molar-refractivity contribution in [2.24, 2.45) is 0 Å². The lowest BCUT2D eigenvalue weighted by molar-refractivity contribution is 0.0298. The second kappa shape index (κ2) is 4.07. The molecular formula is C14H14ClNO3S. The first-order valence-electron chi connectivity index (χ1n) is 6.60. The Labute approximate surface area is 123 Å². The zero-order valence-electron chi connectivity index (χ0n) is 10.7. The average molecular weight is 312 g/mol. The topological polar surface area (TPSA) is 46.6 Å². The molecule has 3 atom stereocenters. The van der Waals surface area contributed by atoms with Crippen LogP contribution in [0.15, 0.2) is 36.4 Å². The Bertz CT molecular complexity index is 685. The van der Waals surface area contributed by atoms with Gasteiger partial charge in [-0.25, -0.2) is 8.42 Å². The Balaban J connectivity index is 1.64. The van der Waals surface area contributed by atoms with Crippen LogP contribution in [0.25, 0.3) is 0 Å². The summed E-state index contributed by atoms with van der Waals surface area (Å²) in [5.74, 6) is 0. The maximum atomic E-state index is 12.6. The average Bonchev–Trinajstić information content (AvgIpc) is 3.03. The number of benzene rings is 1. The molecule has 1 aromatic rings. The molecule has 2 fully saturated rings. The van der Waals surface area contributed by atoms with Crippen LogP contribution in [0.5, 0.6) is 0 Å². The Morgan fingerprint density at radius 1 is 1.35 bits per heavy atom. The number of halogens is 1. The van der Waals surface area contributed by atoms with Crippen LogP contribution in [-0.4, -0.2) is 36.2 Å². The van der Waals surface area contributed by atoms with Crippen LogP contribution in [-0.2, 0) is 21.3 Å². The zero-order chi connectivity index (χ0) is 14.0. The van der Waals surface area contributed by atoms with Crippen LogP contribution < -0.4 is 0 Å². The van der Waals surface area contributed by atoms with Gasteiger partial charge in [-0.3, -0.25) is 0 Å². The van der Waals surface area contributed by atoms with Gasteiger partial charge in [0.1, 0.15) is 10.9 Å². The fourth-order valence-electron chi connectivity index (χ4n) is 3.40. The van der Waals surface area contributed by atoms with Crippen LogP contribution in [0.4, 0.5) is 0 Å². The standard InChI is InChI=1S/C14H14ClNO3S/c15-11-3-1-10(2-4-11)8-16-9-14-6-5-12(19-14)7-13(14)20(16,17)18/h1-6,12-13H,7-9H2/t12-,13+,14+/m1/s1. The van der Waals surface area contributed by atoms with E-state index in [4.69, 9.17) is 16.3 Å². The molecule has 0 aromatic heterocycles. The van der Waals surface area contributed by atoms with E-state index in [1.165, 1.54) is 4.31 Å². The van der Waals surface area contributed by atoms with Crippen molar-refractivity contribution in [2.75, 3.05) is 6.54 Å². The number of rotatable bonds is 2. The Morgan fingerprint density at radius 2 is 2.10 bits per heavy atom. The highest BCUT2D eigenvalue weighted by Gasteiger charge is 2.63. The van der Waals surface area contributed by atoms with Crippen LogP contribution in [0, 0.1) is 0 Å². The molecular weight excluding hydrogens is 298 g/mol. The maximum absolute atomic E-state index is 12.6. The van der Waals surface area contributed by atoms with Gasteiger partial charge in [0.2, 0.25) is 10.0 Å². The predicted octanol–water partition coefficient (Wildman–Crippen LogP) is 1.95. The summed E-state index contributed by atoms with van der Waals surface area (Å²) in [5.41, 5.74) is 0.323. The maximum Gasteiger partial charge on any atom is 0.220 e. The lowest BCUT2D eigenvalue weighted by Crippen LogP contribution is -2.36.